The number of nitrogens with zero attached hydrogens (tertiary/aromatic N) is 4. The molecule has 0 aromatic carbocycles. The molecule has 1 aliphatic rings. The fourth-order valence-corrected chi connectivity index (χ4v) is 3.74. The monoisotopic (exact) mass is 359 g/mol. The van der Waals surface area contributed by atoms with E-state index >= 15 is 0 Å². The first-order valence-electron chi connectivity index (χ1n) is 9.60. The number of carbonyl (C=O) groups is 1. The molecule has 3 rings (SSSR count). The molecular weight excluding hydrogens is 330 g/mol. The van der Waals surface area contributed by atoms with E-state index in [1.165, 1.54) is 36.8 Å². The molecule has 2 aromatic rings. The van der Waals surface area contributed by atoms with Crippen LogP contribution in [0.1, 0.15) is 51.5 Å². The second-order valence-corrected chi connectivity index (χ2v) is 7.27. The summed E-state index contributed by atoms with van der Waals surface area (Å²) < 4.78 is 2.91. The largest absolute Gasteiger partial charge is 0.354 e. The number of rotatable bonds is 7. The van der Waals surface area contributed by atoms with Crippen molar-refractivity contribution >= 4 is 11.4 Å². The van der Waals surface area contributed by atoms with Gasteiger partial charge in [-0.1, -0.05) is 19.3 Å². The summed E-state index contributed by atoms with van der Waals surface area (Å²) in [5.74, 6) is -0.171. The van der Waals surface area contributed by atoms with Crippen LogP contribution in [-0.4, -0.2) is 51.2 Å². The summed E-state index contributed by atoms with van der Waals surface area (Å²) in [5, 5.41) is 7.05. The summed E-state index contributed by atoms with van der Waals surface area (Å²) in [6.07, 6.45) is 10.8. The number of nitrogens with one attached hydrogen (secondary N) is 1. The number of amides is 1. The first kappa shape index (κ1) is 18.6. The van der Waals surface area contributed by atoms with E-state index in [1.54, 1.807) is 36.0 Å². The van der Waals surface area contributed by atoms with Crippen LogP contribution in [-0.2, 0) is 4.79 Å². The predicted molar refractivity (Wildman–Crippen MR) is 101 cm³/mol. The van der Waals surface area contributed by atoms with Crippen LogP contribution >= 0.6 is 0 Å². The molecule has 142 valence electrons. The molecule has 1 saturated carbocycles. The lowest BCUT2D eigenvalue weighted by Crippen LogP contribution is -2.39. The maximum atomic E-state index is 12.4. The maximum absolute atomic E-state index is 12.4. The molecule has 1 unspecified atom stereocenters. The molecule has 1 aliphatic carbocycles. The van der Waals surface area contributed by atoms with E-state index in [-0.39, 0.29) is 11.5 Å². The van der Waals surface area contributed by atoms with Gasteiger partial charge in [0.2, 0.25) is 5.91 Å². The van der Waals surface area contributed by atoms with Crippen LogP contribution in [0.4, 0.5) is 0 Å². The van der Waals surface area contributed by atoms with E-state index in [1.807, 2.05) is 0 Å². The highest BCUT2D eigenvalue weighted by molar-refractivity contribution is 5.79. The van der Waals surface area contributed by atoms with Crippen molar-refractivity contribution in [1.29, 1.82) is 0 Å². The van der Waals surface area contributed by atoms with Crippen LogP contribution in [0.5, 0.6) is 0 Å². The summed E-state index contributed by atoms with van der Waals surface area (Å²) >= 11 is 0. The molecule has 26 heavy (non-hydrogen) atoms. The van der Waals surface area contributed by atoms with Crippen molar-refractivity contribution in [1.82, 2.24) is 24.4 Å². The third-order valence-corrected chi connectivity index (χ3v) is 5.44. The molecular formula is C19H29N5O2. The lowest BCUT2D eigenvalue weighted by atomic mass is 9.94. The minimum atomic E-state index is -0.626. The molecule has 0 radical (unpaired) electrons. The zero-order valence-corrected chi connectivity index (χ0v) is 15.7. The van der Waals surface area contributed by atoms with Crippen molar-refractivity contribution in [3.05, 3.63) is 35.0 Å². The molecule has 7 nitrogen and oxygen atoms in total. The van der Waals surface area contributed by atoms with Gasteiger partial charge in [0, 0.05) is 18.8 Å². The Kier molecular flexibility index (Phi) is 6.08. The first-order valence-corrected chi connectivity index (χ1v) is 9.60. The maximum Gasteiger partial charge on any atom is 0.291 e. The highest BCUT2D eigenvalue weighted by atomic mass is 16.2. The van der Waals surface area contributed by atoms with Crippen molar-refractivity contribution in [2.45, 2.75) is 57.5 Å². The third kappa shape index (κ3) is 4.15. The zero-order valence-electron chi connectivity index (χ0n) is 15.7. The van der Waals surface area contributed by atoms with Crippen molar-refractivity contribution in [3.8, 4) is 0 Å². The highest BCUT2D eigenvalue weighted by Gasteiger charge is 2.19. The molecule has 0 bridgehead atoms. The van der Waals surface area contributed by atoms with Crippen LogP contribution < -0.4 is 10.9 Å². The minimum Gasteiger partial charge on any atom is -0.354 e. The van der Waals surface area contributed by atoms with Gasteiger partial charge in [-0.3, -0.25) is 9.59 Å². The first-order chi connectivity index (χ1) is 12.6. The van der Waals surface area contributed by atoms with Crippen LogP contribution in [0.25, 0.3) is 5.52 Å². The molecule has 1 atom stereocenters. The topological polar surface area (TPSA) is 71.6 Å². The third-order valence-electron chi connectivity index (χ3n) is 5.44. The Morgan fingerprint density at radius 1 is 1.38 bits per heavy atom. The summed E-state index contributed by atoms with van der Waals surface area (Å²) in [5.41, 5.74) is 0.269. The molecule has 2 aromatic heterocycles. The number of carbonyl (C=O) groups excluding carboxylic acids is 1. The lowest BCUT2D eigenvalue weighted by molar-refractivity contribution is -0.124. The Labute approximate surface area is 154 Å². The van der Waals surface area contributed by atoms with Gasteiger partial charge in [0.05, 0.1) is 0 Å². The number of fused-ring (bicyclic) bond motifs is 1. The van der Waals surface area contributed by atoms with E-state index < -0.39 is 6.04 Å². The van der Waals surface area contributed by atoms with E-state index in [0.717, 1.165) is 13.0 Å². The summed E-state index contributed by atoms with van der Waals surface area (Å²) in [6.45, 7) is 3.30. The summed E-state index contributed by atoms with van der Waals surface area (Å²) in [4.78, 5) is 27.2. The molecule has 0 spiro atoms. The molecule has 1 fully saturated rings. The van der Waals surface area contributed by atoms with Crippen LogP contribution in [0, 0.1) is 0 Å². The van der Waals surface area contributed by atoms with Gasteiger partial charge in [-0.25, -0.2) is 4.68 Å². The number of aromatic nitrogens is 3. The molecule has 1 amide bonds. The Hall–Kier alpha value is -2.15. The van der Waals surface area contributed by atoms with Crippen molar-refractivity contribution in [3.63, 3.8) is 0 Å². The van der Waals surface area contributed by atoms with Crippen molar-refractivity contribution in [2.24, 2.45) is 0 Å². The molecule has 0 saturated heterocycles. The normalized spacial score (nSPS) is 16.9. The van der Waals surface area contributed by atoms with Crippen LogP contribution in [0.15, 0.2) is 29.5 Å². The SMILES string of the molecule is CC(C(=O)NCCCN(C)C1CCCCC1)n1ncn2cccc2c1=O. The van der Waals surface area contributed by atoms with E-state index in [4.69, 9.17) is 0 Å². The van der Waals surface area contributed by atoms with Gasteiger partial charge in [-0.2, -0.15) is 5.10 Å². The van der Waals surface area contributed by atoms with Gasteiger partial charge in [0.25, 0.3) is 5.56 Å². The van der Waals surface area contributed by atoms with Gasteiger partial charge in [-0.05, 0) is 51.9 Å². The van der Waals surface area contributed by atoms with E-state index in [0.29, 0.717) is 18.1 Å². The van der Waals surface area contributed by atoms with Crippen LogP contribution in [0.2, 0.25) is 0 Å². The quantitative estimate of drug-likeness (QED) is 0.766. The standard InChI is InChI=1S/C19H29N5O2/c1-15(24-19(26)17-10-6-13-23(17)14-21-24)18(25)20-11-7-12-22(2)16-8-4-3-5-9-16/h6,10,13-16H,3-5,7-9,11-12H2,1-2H3,(H,20,25). The average molecular weight is 359 g/mol. The number of hydrogen-bond acceptors (Lipinski definition) is 4. The molecule has 1 N–H and O–H groups in total. The summed E-state index contributed by atoms with van der Waals surface area (Å²) in [6, 6.07) is 3.58. The van der Waals surface area contributed by atoms with Crippen LogP contribution in [0.3, 0.4) is 0 Å². The lowest BCUT2D eigenvalue weighted by Gasteiger charge is -2.31. The molecule has 0 aliphatic heterocycles. The Morgan fingerprint density at radius 3 is 2.92 bits per heavy atom. The second kappa shape index (κ2) is 8.49. The van der Waals surface area contributed by atoms with Gasteiger partial charge >= 0.3 is 0 Å². The van der Waals surface area contributed by atoms with Gasteiger partial charge in [0.15, 0.2) is 0 Å². The Bertz CT molecular complexity index is 791. The molecule has 7 heteroatoms. The van der Waals surface area contributed by atoms with Crippen molar-refractivity contribution in [2.75, 3.05) is 20.1 Å². The van der Waals surface area contributed by atoms with Gasteiger partial charge in [-0.15, -0.1) is 0 Å². The smallest absolute Gasteiger partial charge is 0.291 e. The number of hydrogen-bond donors (Lipinski definition) is 1. The Balaban J connectivity index is 1.48. The Morgan fingerprint density at radius 2 is 2.15 bits per heavy atom. The van der Waals surface area contributed by atoms with Gasteiger partial charge in [0.1, 0.15) is 17.9 Å². The summed E-state index contributed by atoms with van der Waals surface area (Å²) in [7, 11) is 2.18. The average Bonchev–Trinajstić information content (AvgIpc) is 3.15. The van der Waals surface area contributed by atoms with E-state index in [9.17, 15) is 9.59 Å². The predicted octanol–water partition coefficient (Wildman–Crippen LogP) is 1.83. The second-order valence-electron chi connectivity index (χ2n) is 7.27. The zero-order chi connectivity index (χ0) is 18.5. The van der Waals surface area contributed by atoms with Gasteiger partial charge < -0.3 is 14.6 Å². The van der Waals surface area contributed by atoms with E-state index in [2.05, 4.69) is 22.4 Å². The fourth-order valence-electron chi connectivity index (χ4n) is 3.74. The molecule has 2 heterocycles. The van der Waals surface area contributed by atoms with Crippen molar-refractivity contribution < 1.29 is 4.79 Å². The fraction of sp³-hybridized carbons (Fsp3) is 0.632. The minimum absolute atomic E-state index is 0.171. The highest BCUT2D eigenvalue weighted by Crippen LogP contribution is 2.21.